The summed E-state index contributed by atoms with van der Waals surface area (Å²) in [5, 5.41) is 30.2. The van der Waals surface area contributed by atoms with Crippen molar-refractivity contribution in [1.82, 2.24) is 16.1 Å². The van der Waals surface area contributed by atoms with Gasteiger partial charge in [-0.05, 0) is 54.1 Å². The van der Waals surface area contributed by atoms with Crippen LogP contribution in [0.1, 0.15) is 31.0 Å². The summed E-state index contributed by atoms with van der Waals surface area (Å²) in [7, 11) is 0. The number of nitro benzene ring substituents is 1. The molecule has 0 bridgehead atoms. The zero-order valence-corrected chi connectivity index (χ0v) is 23.6. The van der Waals surface area contributed by atoms with Crippen LogP contribution in [0.4, 0.5) is 5.69 Å². The molecule has 1 atom stereocenters. The number of hydrogen-bond donors (Lipinski definition) is 3. The van der Waals surface area contributed by atoms with Gasteiger partial charge in [-0.3, -0.25) is 14.9 Å². The zero-order valence-electron chi connectivity index (χ0n) is 21.2. The van der Waals surface area contributed by atoms with Crippen LogP contribution >= 0.6 is 28.1 Å². The largest absolute Gasteiger partial charge is 0.483 e. The summed E-state index contributed by atoms with van der Waals surface area (Å²) in [5.41, 5.74) is 3.61. The highest BCUT2D eigenvalue weighted by molar-refractivity contribution is 9.10. The summed E-state index contributed by atoms with van der Waals surface area (Å²) in [6.07, 6.45) is 1.21. The van der Waals surface area contributed by atoms with Crippen LogP contribution in [-0.4, -0.2) is 47.9 Å². The molecule has 0 unspecified atom stereocenters. The molecule has 0 aromatic heterocycles. The van der Waals surface area contributed by atoms with E-state index < -0.39 is 29.4 Å². The predicted molar refractivity (Wildman–Crippen MR) is 151 cm³/mol. The zero-order chi connectivity index (χ0) is 29.2. The minimum atomic E-state index is -0.681. The normalized spacial score (nSPS) is 14.6. The standard InChI is InChI=1S/C25H23BrN6O7S/c1-3-37-24(34)21-14(2)29-25(40)30-22(21)16-6-4-5-7-19(16)39-13-20(33)31-28-12-15-10-17(26)23(38-9-8-27)18(11-15)32(35)36/h4-7,10-12,22H,3,9,13H2,1-2H3,(H,31,33)(H2,29,30,40)/t22-/m0/s1. The average molecular weight is 631 g/mol. The van der Waals surface area contributed by atoms with Gasteiger partial charge in [-0.1, -0.05) is 18.2 Å². The van der Waals surface area contributed by atoms with Gasteiger partial charge >= 0.3 is 11.7 Å². The average Bonchev–Trinajstić information content (AvgIpc) is 2.90. The van der Waals surface area contributed by atoms with E-state index in [1.165, 1.54) is 18.3 Å². The van der Waals surface area contributed by atoms with Crippen LogP contribution in [-0.2, 0) is 14.3 Å². The molecule has 15 heteroatoms. The lowest BCUT2D eigenvalue weighted by Crippen LogP contribution is -2.45. The number of carbonyl (C=O) groups is 2. The number of carbonyl (C=O) groups excluding carboxylic acids is 2. The van der Waals surface area contributed by atoms with E-state index >= 15 is 0 Å². The van der Waals surface area contributed by atoms with Crippen molar-refractivity contribution >= 4 is 57.0 Å². The van der Waals surface area contributed by atoms with Crippen LogP contribution in [0.2, 0.25) is 0 Å². The molecule has 0 saturated heterocycles. The van der Waals surface area contributed by atoms with Gasteiger partial charge in [0.25, 0.3) is 5.91 Å². The van der Waals surface area contributed by atoms with Crippen molar-refractivity contribution in [2.24, 2.45) is 5.10 Å². The number of ether oxygens (including phenoxy) is 3. The lowest BCUT2D eigenvalue weighted by molar-refractivity contribution is -0.385. The number of hydrogen-bond acceptors (Lipinski definition) is 10. The molecule has 2 aromatic carbocycles. The summed E-state index contributed by atoms with van der Waals surface area (Å²) >= 11 is 8.45. The maximum atomic E-state index is 12.7. The van der Waals surface area contributed by atoms with E-state index in [1.807, 2.05) is 0 Å². The summed E-state index contributed by atoms with van der Waals surface area (Å²) in [6, 6.07) is 10.6. The number of nitrogens with zero attached hydrogens (tertiary/aromatic N) is 3. The Morgan fingerprint density at radius 3 is 2.77 bits per heavy atom. The highest BCUT2D eigenvalue weighted by Gasteiger charge is 2.32. The van der Waals surface area contributed by atoms with Gasteiger partial charge in [0.2, 0.25) is 5.75 Å². The predicted octanol–water partition coefficient (Wildman–Crippen LogP) is 3.14. The summed E-state index contributed by atoms with van der Waals surface area (Å²) < 4.78 is 16.3. The Labute approximate surface area is 242 Å². The van der Waals surface area contributed by atoms with Gasteiger partial charge in [0.1, 0.15) is 11.8 Å². The third-order valence-corrected chi connectivity index (χ3v) is 6.09. The first-order valence-electron chi connectivity index (χ1n) is 11.6. The van der Waals surface area contributed by atoms with E-state index in [2.05, 4.69) is 37.1 Å². The maximum absolute atomic E-state index is 12.7. The summed E-state index contributed by atoms with van der Waals surface area (Å²) in [5.74, 6) is -0.906. The minimum Gasteiger partial charge on any atom is -0.483 e. The smallest absolute Gasteiger partial charge is 0.338 e. The number of thiocarbonyl (C=S) groups is 1. The fourth-order valence-corrected chi connectivity index (χ4v) is 4.52. The molecule has 0 saturated carbocycles. The second-order valence-corrected chi connectivity index (χ2v) is 9.23. The lowest BCUT2D eigenvalue weighted by atomic mass is 9.95. The van der Waals surface area contributed by atoms with Gasteiger partial charge in [-0.15, -0.1) is 0 Å². The van der Waals surface area contributed by atoms with Crippen LogP contribution in [0.15, 0.2) is 57.2 Å². The number of rotatable bonds is 11. The maximum Gasteiger partial charge on any atom is 0.338 e. The number of para-hydroxylation sites is 1. The minimum absolute atomic E-state index is 0.0973. The van der Waals surface area contributed by atoms with Gasteiger partial charge in [-0.25, -0.2) is 10.2 Å². The Morgan fingerprint density at radius 2 is 2.08 bits per heavy atom. The number of halogens is 1. The van der Waals surface area contributed by atoms with Gasteiger partial charge in [0.05, 0.1) is 33.8 Å². The number of nitro groups is 1. The molecule has 0 fully saturated rings. The SMILES string of the molecule is CCOC(=O)C1=C(C)NC(=S)N[C@H]1c1ccccc1OCC(=O)NN=Cc1cc(Br)c(OCC#N)c([N+](=O)[O-])c1. The molecule has 3 rings (SSSR count). The Balaban J connectivity index is 1.71. The summed E-state index contributed by atoms with van der Waals surface area (Å²) in [6.45, 7) is 2.81. The Hall–Kier alpha value is -4.55. The van der Waals surface area contributed by atoms with Gasteiger partial charge in [0, 0.05) is 22.9 Å². The van der Waals surface area contributed by atoms with Crippen molar-refractivity contribution in [3.05, 3.63) is 73.4 Å². The Bertz CT molecular complexity index is 1440. The molecule has 40 heavy (non-hydrogen) atoms. The van der Waals surface area contributed by atoms with E-state index in [4.69, 9.17) is 31.7 Å². The second kappa shape index (κ2) is 14.0. The second-order valence-electron chi connectivity index (χ2n) is 7.97. The molecule has 13 nitrogen and oxygen atoms in total. The van der Waals surface area contributed by atoms with Gasteiger partial charge < -0.3 is 24.8 Å². The topological polar surface area (TPSA) is 177 Å². The molecule has 1 aliphatic rings. The van der Waals surface area contributed by atoms with Crippen LogP contribution < -0.4 is 25.5 Å². The van der Waals surface area contributed by atoms with Gasteiger partial charge in [0.15, 0.2) is 18.3 Å². The van der Waals surface area contributed by atoms with Crippen LogP contribution in [0.25, 0.3) is 0 Å². The fraction of sp³-hybridized carbons (Fsp3) is 0.240. The number of allylic oxidation sites excluding steroid dienone is 1. The van der Waals surface area contributed by atoms with Gasteiger partial charge in [-0.2, -0.15) is 10.4 Å². The lowest BCUT2D eigenvalue weighted by Gasteiger charge is -2.30. The van der Waals surface area contributed by atoms with Crippen LogP contribution in [0.5, 0.6) is 11.5 Å². The quantitative estimate of drug-likeness (QED) is 0.109. The molecule has 1 amide bonds. The fourth-order valence-electron chi connectivity index (χ4n) is 3.67. The van der Waals surface area contributed by atoms with Crippen molar-refractivity contribution in [3.8, 4) is 17.6 Å². The number of nitrogens with one attached hydrogen (secondary N) is 3. The first kappa shape index (κ1) is 30.0. The molecule has 1 aliphatic heterocycles. The monoisotopic (exact) mass is 630 g/mol. The molecule has 208 valence electrons. The first-order chi connectivity index (χ1) is 19.2. The summed E-state index contributed by atoms with van der Waals surface area (Å²) in [4.78, 5) is 35.8. The van der Waals surface area contributed by atoms with Crippen molar-refractivity contribution in [2.45, 2.75) is 19.9 Å². The highest BCUT2D eigenvalue weighted by atomic mass is 79.9. The molecule has 0 aliphatic carbocycles. The van der Waals surface area contributed by atoms with Crippen molar-refractivity contribution in [1.29, 1.82) is 5.26 Å². The van der Waals surface area contributed by atoms with Crippen LogP contribution in [0, 0.1) is 21.4 Å². The molecule has 2 aromatic rings. The number of nitriles is 1. The number of amides is 1. The van der Waals surface area contributed by atoms with E-state index in [0.717, 1.165) is 0 Å². The Morgan fingerprint density at radius 1 is 1.32 bits per heavy atom. The van der Waals surface area contributed by atoms with Crippen molar-refractivity contribution in [3.63, 3.8) is 0 Å². The van der Waals surface area contributed by atoms with Crippen LogP contribution in [0.3, 0.4) is 0 Å². The van der Waals surface area contributed by atoms with E-state index in [0.29, 0.717) is 27.7 Å². The number of benzene rings is 2. The molecule has 0 spiro atoms. The third-order valence-electron chi connectivity index (χ3n) is 5.28. The molecule has 3 N–H and O–H groups in total. The first-order valence-corrected chi connectivity index (χ1v) is 12.8. The number of esters is 1. The molecule has 1 heterocycles. The van der Waals surface area contributed by atoms with E-state index in [9.17, 15) is 19.7 Å². The third kappa shape index (κ3) is 7.52. The molecule has 0 radical (unpaired) electrons. The van der Waals surface area contributed by atoms with E-state index in [1.54, 1.807) is 44.2 Å². The number of hydrazone groups is 1. The molecular formula is C25H23BrN6O7S. The Kier molecular flexibility index (Phi) is 10.5. The van der Waals surface area contributed by atoms with E-state index in [-0.39, 0.29) is 34.7 Å². The highest BCUT2D eigenvalue weighted by Crippen LogP contribution is 2.36. The molecular weight excluding hydrogens is 608 g/mol. The van der Waals surface area contributed by atoms with Crippen molar-refractivity contribution < 1.29 is 28.7 Å². The van der Waals surface area contributed by atoms with Crippen molar-refractivity contribution in [2.75, 3.05) is 19.8 Å².